The number of nitrogens with zero attached hydrogens (tertiary/aromatic N) is 3. The SMILES string of the molecule is CCOC(=O)c1sc(CCNc2ncnc3[nH]ccc23)nc1C. The van der Waals surface area contributed by atoms with Crippen LogP contribution in [0.5, 0.6) is 0 Å². The summed E-state index contributed by atoms with van der Waals surface area (Å²) >= 11 is 1.38. The highest BCUT2D eigenvalue weighted by Crippen LogP contribution is 2.21. The molecule has 0 bridgehead atoms. The summed E-state index contributed by atoms with van der Waals surface area (Å²) in [6, 6.07) is 1.93. The van der Waals surface area contributed by atoms with Crippen LogP contribution in [0.2, 0.25) is 0 Å². The maximum Gasteiger partial charge on any atom is 0.350 e. The van der Waals surface area contributed by atoms with Crippen molar-refractivity contribution in [3.8, 4) is 0 Å². The van der Waals surface area contributed by atoms with Crippen LogP contribution in [-0.2, 0) is 11.2 Å². The fourth-order valence-electron chi connectivity index (χ4n) is 2.25. The molecule has 0 aromatic carbocycles. The number of H-pyrrole nitrogens is 1. The molecular weight excluding hydrogens is 314 g/mol. The summed E-state index contributed by atoms with van der Waals surface area (Å²) in [4.78, 5) is 28.3. The molecular formula is C15H17N5O2S. The first-order valence-electron chi connectivity index (χ1n) is 7.34. The van der Waals surface area contributed by atoms with E-state index in [1.54, 1.807) is 6.92 Å². The average molecular weight is 331 g/mol. The Hall–Kier alpha value is -2.48. The Morgan fingerprint density at radius 1 is 1.43 bits per heavy atom. The zero-order valence-electron chi connectivity index (χ0n) is 12.9. The Morgan fingerprint density at radius 3 is 3.13 bits per heavy atom. The zero-order chi connectivity index (χ0) is 16.2. The van der Waals surface area contributed by atoms with E-state index in [2.05, 4.69) is 25.3 Å². The molecule has 8 heteroatoms. The van der Waals surface area contributed by atoms with Crippen molar-refractivity contribution in [2.75, 3.05) is 18.5 Å². The Bertz CT molecular complexity index is 826. The Balaban J connectivity index is 1.64. The maximum absolute atomic E-state index is 11.8. The first-order valence-corrected chi connectivity index (χ1v) is 8.16. The first kappa shape index (κ1) is 15.4. The lowest BCUT2D eigenvalue weighted by molar-refractivity contribution is 0.0531. The number of carbonyl (C=O) groups excluding carboxylic acids is 1. The van der Waals surface area contributed by atoms with Crippen molar-refractivity contribution in [1.29, 1.82) is 0 Å². The predicted octanol–water partition coefficient (Wildman–Crippen LogP) is 2.55. The van der Waals surface area contributed by atoms with Gasteiger partial charge in [0.1, 0.15) is 22.7 Å². The topological polar surface area (TPSA) is 92.8 Å². The van der Waals surface area contributed by atoms with Gasteiger partial charge in [-0.3, -0.25) is 0 Å². The number of aromatic nitrogens is 4. The van der Waals surface area contributed by atoms with Crippen LogP contribution in [0, 0.1) is 6.92 Å². The second-order valence-electron chi connectivity index (χ2n) is 4.88. The molecule has 120 valence electrons. The summed E-state index contributed by atoms with van der Waals surface area (Å²) in [6.45, 7) is 4.66. The molecule has 0 atom stereocenters. The van der Waals surface area contributed by atoms with Crippen LogP contribution in [0.1, 0.15) is 27.3 Å². The third kappa shape index (κ3) is 3.31. The number of nitrogens with one attached hydrogen (secondary N) is 2. The van der Waals surface area contributed by atoms with Gasteiger partial charge in [0.25, 0.3) is 0 Å². The number of aromatic amines is 1. The molecule has 0 aliphatic heterocycles. The second kappa shape index (κ2) is 6.74. The molecule has 3 aromatic rings. The highest BCUT2D eigenvalue weighted by molar-refractivity contribution is 7.13. The normalized spacial score (nSPS) is 10.9. The van der Waals surface area contributed by atoms with Gasteiger partial charge in [0.15, 0.2) is 0 Å². The van der Waals surface area contributed by atoms with E-state index in [4.69, 9.17) is 4.74 Å². The van der Waals surface area contributed by atoms with Gasteiger partial charge in [-0.1, -0.05) is 0 Å². The van der Waals surface area contributed by atoms with Crippen LogP contribution < -0.4 is 5.32 Å². The monoisotopic (exact) mass is 331 g/mol. The van der Waals surface area contributed by atoms with Gasteiger partial charge in [0.2, 0.25) is 0 Å². The van der Waals surface area contributed by atoms with Crippen molar-refractivity contribution in [3.63, 3.8) is 0 Å². The molecule has 7 nitrogen and oxygen atoms in total. The number of carbonyl (C=O) groups is 1. The molecule has 3 rings (SSSR count). The number of anilines is 1. The number of hydrogen-bond donors (Lipinski definition) is 2. The van der Waals surface area contributed by atoms with Crippen LogP contribution in [0.3, 0.4) is 0 Å². The van der Waals surface area contributed by atoms with Gasteiger partial charge in [-0.05, 0) is 19.9 Å². The highest BCUT2D eigenvalue weighted by Gasteiger charge is 2.16. The lowest BCUT2D eigenvalue weighted by Crippen LogP contribution is -2.06. The van der Waals surface area contributed by atoms with Crippen molar-refractivity contribution in [2.45, 2.75) is 20.3 Å². The van der Waals surface area contributed by atoms with Gasteiger partial charge in [0, 0.05) is 19.2 Å². The summed E-state index contributed by atoms with van der Waals surface area (Å²) < 4.78 is 5.03. The fourth-order valence-corrected chi connectivity index (χ4v) is 3.20. The minimum atomic E-state index is -0.299. The van der Waals surface area contributed by atoms with Crippen molar-refractivity contribution >= 4 is 34.2 Å². The second-order valence-corrected chi connectivity index (χ2v) is 5.97. The van der Waals surface area contributed by atoms with Crippen molar-refractivity contribution < 1.29 is 9.53 Å². The number of esters is 1. The predicted molar refractivity (Wildman–Crippen MR) is 88.9 cm³/mol. The van der Waals surface area contributed by atoms with E-state index < -0.39 is 0 Å². The van der Waals surface area contributed by atoms with E-state index in [1.807, 2.05) is 19.2 Å². The van der Waals surface area contributed by atoms with Gasteiger partial charge >= 0.3 is 5.97 Å². The smallest absolute Gasteiger partial charge is 0.350 e. The lowest BCUT2D eigenvalue weighted by Gasteiger charge is -2.04. The average Bonchev–Trinajstić information content (AvgIpc) is 3.14. The standard InChI is InChI=1S/C15H17N5O2S/c1-3-22-15(21)12-9(2)20-11(23-12)5-7-17-14-10-4-6-16-13(10)18-8-19-14/h4,6,8H,3,5,7H2,1-2H3,(H2,16,17,18,19). The number of ether oxygens (including phenoxy) is 1. The zero-order valence-corrected chi connectivity index (χ0v) is 13.7. The van der Waals surface area contributed by atoms with Crippen LogP contribution >= 0.6 is 11.3 Å². The molecule has 3 aromatic heterocycles. The minimum absolute atomic E-state index is 0.299. The number of fused-ring (bicyclic) bond motifs is 1. The van der Waals surface area contributed by atoms with E-state index in [-0.39, 0.29) is 5.97 Å². The van der Waals surface area contributed by atoms with E-state index in [9.17, 15) is 4.79 Å². The number of thiazole rings is 1. The molecule has 0 amide bonds. The molecule has 23 heavy (non-hydrogen) atoms. The van der Waals surface area contributed by atoms with E-state index in [1.165, 1.54) is 17.7 Å². The molecule has 0 saturated heterocycles. The van der Waals surface area contributed by atoms with Gasteiger partial charge < -0.3 is 15.0 Å². The van der Waals surface area contributed by atoms with Crippen LogP contribution in [-0.4, -0.2) is 39.1 Å². The molecule has 0 aliphatic carbocycles. The van der Waals surface area contributed by atoms with Crippen LogP contribution in [0.25, 0.3) is 11.0 Å². The Labute approximate surface area is 137 Å². The third-order valence-electron chi connectivity index (χ3n) is 3.29. The van der Waals surface area contributed by atoms with Gasteiger partial charge in [-0.15, -0.1) is 11.3 Å². The summed E-state index contributed by atoms with van der Waals surface area (Å²) in [5, 5.41) is 5.14. The quantitative estimate of drug-likeness (QED) is 0.674. The molecule has 3 heterocycles. The van der Waals surface area contributed by atoms with Crippen molar-refractivity contribution in [3.05, 3.63) is 34.2 Å². The van der Waals surface area contributed by atoms with Gasteiger partial charge in [-0.2, -0.15) is 0 Å². The third-order valence-corrected chi connectivity index (χ3v) is 4.48. The Kier molecular flexibility index (Phi) is 4.52. The molecule has 0 radical (unpaired) electrons. The molecule has 0 fully saturated rings. The van der Waals surface area contributed by atoms with Crippen molar-refractivity contribution in [1.82, 2.24) is 19.9 Å². The minimum Gasteiger partial charge on any atom is -0.462 e. The summed E-state index contributed by atoms with van der Waals surface area (Å²) in [6.07, 6.45) is 4.06. The highest BCUT2D eigenvalue weighted by atomic mass is 32.1. The summed E-state index contributed by atoms with van der Waals surface area (Å²) in [5.74, 6) is 0.488. The first-order chi connectivity index (χ1) is 11.2. The molecule has 0 saturated carbocycles. The lowest BCUT2D eigenvalue weighted by atomic mass is 10.3. The van der Waals surface area contributed by atoms with Gasteiger partial charge in [-0.25, -0.2) is 19.7 Å². The van der Waals surface area contributed by atoms with Crippen LogP contribution in [0.15, 0.2) is 18.6 Å². The number of hydrogen-bond acceptors (Lipinski definition) is 7. The van der Waals surface area contributed by atoms with Gasteiger partial charge in [0.05, 0.1) is 22.7 Å². The molecule has 0 spiro atoms. The molecule has 2 N–H and O–H groups in total. The largest absolute Gasteiger partial charge is 0.462 e. The summed E-state index contributed by atoms with van der Waals surface area (Å²) in [7, 11) is 0. The summed E-state index contributed by atoms with van der Waals surface area (Å²) in [5.41, 5.74) is 1.52. The molecule has 0 aliphatic rings. The molecule has 0 unspecified atom stereocenters. The van der Waals surface area contributed by atoms with Crippen molar-refractivity contribution in [2.24, 2.45) is 0 Å². The van der Waals surface area contributed by atoms with E-state index in [0.717, 1.165) is 27.6 Å². The van der Waals surface area contributed by atoms with E-state index in [0.29, 0.717) is 24.4 Å². The van der Waals surface area contributed by atoms with Crippen LogP contribution in [0.4, 0.5) is 5.82 Å². The van der Waals surface area contributed by atoms with E-state index >= 15 is 0 Å². The number of rotatable bonds is 6. The fraction of sp³-hybridized carbons (Fsp3) is 0.333. The maximum atomic E-state index is 11.8. The number of aryl methyl sites for hydroxylation is 1. The Morgan fingerprint density at radius 2 is 2.30 bits per heavy atom.